The third-order valence-corrected chi connectivity index (χ3v) is 5.87. The molecule has 0 atom stereocenters. The molecule has 1 amide bonds. The number of amides is 1. The van der Waals surface area contributed by atoms with E-state index in [0.717, 1.165) is 5.56 Å². The van der Waals surface area contributed by atoms with Gasteiger partial charge in [0.1, 0.15) is 4.83 Å². The van der Waals surface area contributed by atoms with Gasteiger partial charge in [0.25, 0.3) is 11.5 Å². The summed E-state index contributed by atoms with van der Waals surface area (Å²) >= 11 is 7.15. The number of hydrogen-bond donors (Lipinski definition) is 1. The first-order valence-corrected chi connectivity index (χ1v) is 9.82. The number of nitrogens with one attached hydrogen (secondary N) is 1. The number of rotatable bonds is 4. The molecule has 0 bridgehead atoms. The Balaban J connectivity index is 1.69. The fourth-order valence-corrected chi connectivity index (χ4v) is 4.14. The minimum atomic E-state index is -0.240. The maximum Gasteiger partial charge on any atom is 0.266 e. The van der Waals surface area contributed by atoms with Crippen LogP contribution < -0.4 is 10.9 Å². The predicted molar refractivity (Wildman–Crippen MR) is 114 cm³/mol. The minimum absolute atomic E-state index is 0.160. The first-order valence-electron chi connectivity index (χ1n) is 8.62. The van der Waals surface area contributed by atoms with E-state index < -0.39 is 0 Å². The molecule has 0 aliphatic heterocycles. The number of aromatic nitrogens is 2. The summed E-state index contributed by atoms with van der Waals surface area (Å²) in [4.78, 5) is 31.1. The highest BCUT2D eigenvalue weighted by Gasteiger charge is 2.19. The average molecular weight is 410 g/mol. The summed E-state index contributed by atoms with van der Waals surface area (Å²) in [7, 11) is 0. The molecule has 5 nitrogen and oxygen atoms in total. The van der Waals surface area contributed by atoms with Crippen LogP contribution in [0.1, 0.15) is 20.8 Å². The lowest BCUT2D eigenvalue weighted by molar-refractivity contribution is 0.103. The van der Waals surface area contributed by atoms with Crippen LogP contribution in [0.15, 0.2) is 65.7 Å². The Labute approximate surface area is 170 Å². The van der Waals surface area contributed by atoms with Crippen molar-refractivity contribution in [2.45, 2.75) is 13.5 Å². The molecule has 0 radical (unpaired) electrons. The van der Waals surface area contributed by atoms with Gasteiger partial charge in [0.05, 0.1) is 23.1 Å². The molecule has 0 spiro atoms. The predicted octanol–water partition coefficient (Wildman–Crippen LogP) is 4.72. The molecule has 28 heavy (non-hydrogen) atoms. The molecule has 1 N–H and O–H groups in total. The zero-order valence-electron chi connectivity index (χ0n) is 15.0. The number of anilines is 1. The third-order valence-electron chi connectivity index (χ3n) is 4.42. The Morgan fingerprint density at radius 2 is 1.86 bits per heavy atom. The van der Waals surface area contributed by atoms with E-state index in [1.54, 1.807) is 23.6 Å². The van der Waals surface area contributed by atoms with Gasteiger partial charge in [-0.15, -0.1) is 11.3 Å². The van der Waals surface area contributed by atoms with Crippen LogP contribution in [0, 0.1) is 6.92 Å². The SMILES string of the molecule is Cc1c(C(=O)Nc2ccccc2)sc2ncn(Cc3ccc(Cl)cc3)c(=O)c12. The number of carbonyl (C=O) groups is 1. The maximum absolute atomic E-state index is 13.0. The zero-order chi connectivity index (χ0) is 19.7. The zero-order valence-corrected chi connectivity index (χ0v) is 16.6. The molecule has 0 saturated carbocycles. The van der Waals surface area contributed by atoms with Crippen LogP contribution in [0.3, 0.4) is 0 Å². The Hall–Kier alpha value is -2.96. The van der Waals surface area contributed by atoms with Crippen LogP contribution in [-0.4, -0.2) is 15.5 Å². The van der Waals surface area contributed by atoms with Crippen molar-refractivity contribution in [1.29, 1.82) is 0 Å². The van der Waals surface area contributed by atoms with Crippen LogP contribution in [0.2, 0.25) is 5.02 Å². The lowest BCUT2D eigenvalue weighted by atomic mass is 10.2. The lowest BCUT2D eigenvalue weighted by Crippen LogP contribution is -2.21. The lowest BCUT2D eigenvalue weighted by Gasteiger charge is -2.06. The van der Waals surface area contributed by atoms with E-state index in [1.807, 2.05) is 42.5 Å². The summed E-state index contributed by atoms with van der Waals surface area (Å²) in [5.41, 5.74) is 2.14. The Morgan fingerprint density at radius 1 is 1.14 bits per heavy atom. The smallest absolute Gasteiger partial charge is 0.266 e. The second kappa shape index (κ2) is 7.58. The van der Waals surface area contributed by atoms with Crippen molar-refractivity contribution >= 4 is 44.7 Å². The van der Waals surface area contributed by atoms with Gasteiger partial charge in [0, 0.05) is 10.7 Å². The van der Waals surface area contributed by atoms with E-state index >= 15 is 0 Å². The van der Waals surface area contributed by atoms with Crippen molar-refractivity contribution in [2.75, 3.05) is 5.32 Å². The third kappa shape index (κ3) is 3.56. The molecule has 0 fully saturated rings. The molecular formula is C21H16ClN3O2S. The number of aryl methyl sites for hydroxylation is 1. The summed E-state index contributed by atoms with van der Waals surface area (Å²) < 4.78 is 1.55. The summed E-state index contributed by atoms with van der Waals surface area (Å²) in [6, 6.07) is 16.5. The first kappa shape index (κ1) is 18.4. The topological polar surface area (TPSA) is 64.0 Å². The van der Waals surface area contributed by atoms with Crippen molar-refractivity contribution < 1.29 is 4.79 Å². The van der Waals surface area contributed by atoms with Crippen LogP contribution >= 0.6 is 22.9 Å². The largest absolute Gasteiger partial charge is 0.321 e. The number of hydrogen-bond acceptors (Lipinski definition) is 4. The maximum atomic E-state index is 13.0. The number of halogens is 1. The first-order chi connectivity index (χ1) is 13.5. The molecule has 0 aliphatic rings. The number of carbonyl (C=O) groups excluding carboxylic acids is 1. The van der Waals surface area contributed by atoms with Crippen molar-refractivity contribution in [3.63, 3.8) is 0 Å². The minimum Gasteiger partial charge on any atom is -0.321 e. The van der Waals surface area contributed by atoms with Gasteiger partial charge in [0.2, 0.25) is 0 Å². The molecule has 0 unspecified atom stereocenters. The van der Waals surface area contributed by atoms with Gasteiger partial charge in [0.15, 0.2) is 0 Å². The summed E-state index contributed by atoms with van der Waals surface area (Å²) in [5.74, 6) is -0.240. The highest BCUT2D eigenvalue weighted by Crippen LogP contribution is 2.27. The fourth-order valence-electron chi connectivity index (χ4n) is 2.98. The fraction of sp³-hybridized carbons (Fsp3) is 0.0952. The number of fused-ring (bicyclic) bond motifs is 1. The van der Waals surface area contributed by atoms with E-state index in [9.17, 15) is 9.59 Å². The van der Waals surface area contributed by atoms with Gasteiger partial charge in [-0.05, 0) is 42.3 Å². The average Bonchev–Trinajstić information content (AvgIpc) is 3.04. The second-order valence-electron chi connectivity index (χ2n) is 6.36. The molecule has 140 valence electrons. The summed E-state index contributed by atoms with van der Waals surface area (Å²) in [6.07, 6.45) is 1.52. The van der Waals surface area contributed by atoms with Crippen molar-refractivity contribution in [2.24, 2.45) is 0 Å². The highest BCUT2D eigenvalue weighted by atomic mass is 35.5. The summed E-state index contributed by atoms with van der Waals surface area (Å²) in [5, 5.41) is 3.99. The quantitative estimate of drug-likeness (QED) is 0.530. The van der Waals surface area contributed by atoms with Gasteiger partial charge < -0.3 is 5.32 Å². The van der Waals surface area contributed by atoms with Gasteiger partial charge >= 0.3 is 0 Å². The van der Waals surface area contributed by atoms with Crippen molar-refractivity contribution in [1.82, 2.24) is 9.55 Å². The monoisotopic (exact) mass is 409 g/mol. The second-order valence-corrected chi connectivity index (χ2v) is 7.80. The van der Waals surface area contributed by atoms with E-state index in [0.29, 0.717) is 37.9 Å². The van der Waals surface area contributed by atoms with Crippen LogP contribution in [0.5, 0.6) is 0 Å². The van der Waals surface area contributed by atoms with Crippen LogP contribution in [0.4, 0.5) is 5.69 Å². The van der Waals surface area contributed by atoms with E-state index in [1.165, 1.54) is 17.7 Å². The van der Waals surface area contributed by atoms with Gasteiger partial charge in [-0.3, -0.25) is 14.2 Å². The van der Waals surface area contributed by atoms with Crippen LogP contribution in [-0.2, 0) is 6.54 Å². The van der Waals surface area contributed by atoms with E-state index in [-0.39, 0.29) is 11.5 Å². The molecule has 7 heteroatoms. The summed E-state index contributed by atoms with van der Waals surface area (Å²) in [6.45, 7) is 2.17. The van der Waals surface area contributed by atoms with Crippen molar-refractivity contribution in [3.05, 3.63) is 92.3 Å². The molecule has 0 saturated heterocycles. The number of nitrogens with zero attached hydrogens (tertiary/aromatic N) is 2. The number of thiophene rings is 1. The van der Waals surface area contributed by atoms with E-state index in [2.05, 4.69) is 10.3 Å². The van der Waals surface area contributed by atoms with Crippen LogP contribution in [0.25, 0.3) is 10.2 Å². The van der Waals surface area contributed by atoms with Crippen molar-refractivity contribution in [3.8, 4) is 0 Å². The standard InChI is InChI=1S/C21H16ClN3O2S/c1-13-17-20(28-18(13)19(26)24-16-5-3-2-4-6-16)23-12-25(21(17)27)11-14-7-9-15(22)10-8-14/h2-10,12H,11H2,1H3,(H,24,26). The molecule has 2 aromatic carbocycles. The Bertz CT molecular complexity index is 1210. The Morgan fingerprint density at radius 3 is 2.57 bits per heavy atom. The normalized spacial score (nSPS) is 10.9. The number of benzene rings is 2. The van der Waals surface area contributed by atoms with Gasteiger partial charge in [-0.1, -0.05) is 41.9 Å². The molecular weight excluding hydrogens is 394 g/mol. The highest BCUT2D eigenvalue weighted by molar-refractivity contribution is 7.20. The molecule has 2 aromatic heterocycles. The number of para-hydroxylation sites is 1. The van der Waals surface area contributed by atoms with E-state index in [4.69, 9.17) is 11.6 Å². The molecule has 4 aromatic rings. The molecule has 2 heterocycles. The molecule has 0 aliphatic carbocycles. The van der Waals surface area contributed by atoms with Gasteiger partial charge in [-0.25, -0.2) is 4.98 Å². The van der Waals surface area contributed by atoms with Gasteiger partial charge in [-0.2, -0.15) is 0 Å². The molecule has 4 rings (SSSR count). The Kier molecular flexibility index (Phi) is 4.98.